The topological polar surface area (TPSA) is 59.1 Å². The summed E-state index contributed by atoms with van der Waals surface area (Å²) in [7, 11) is 0. The maximum absolute atomic E-state index is 11.1. The monoisotopic (exact) mass is 248 g/mol. The van der Waals surface area contributed by atoms with Gasteiger partial charge in [-0.1, -0.05) is 26.8 Å². The highest BCUT2D eigenvalue weighted by atomic mass is 16.3. The minimum Gasteiger partial charge on any atom is -0.387 e. The fraction of sp³-hybridized carbons (Fsp3) is 0.667. The first-order valence-electron chi connectivity index (χ1n) is 6.76. The molecule has 0 bridgehead atoms. The second-order valence-electron chi connectivity index (χ2n) is 6.37. The molecule has 0 aliphatic heterocycles. The van der Waals surface area contributed by atoms with Gasteiger partial charge in [-0.2, -0.15) is 0 Å². The van der Waals surface area contributed by atoms with Crippen LogP contribution in [0.25, 0.3) is 0 Å². The van der Waals surface area contributed by atoms with E-state index in [1.165, 1.54) is 5.56 Å². The molecule has 2 rings (SSSR count). The lowest BCUT2D eigenvalue weighted by Crippen LogP contribution is -2.54. The van der Waals surface area contributed by atoms with Gasteiger partial charge >= 0.3 is 0 Å². The summed E-state index contributed by atoms with van der Waals surface area (Å²) in [6.45, 7) is 6.43. The average molecular weight is 248 g/mol. The molecule has 3 nitrogen and oxygen atoms in total. The van der Waals surface area contributed by atoms with Crippen molar-refractivity contribution in [2.45, 2.75) is 51.6 Å². The number of rotatable bonds is 2. The number of nitrogens with zero attached hydrogens (tertiary/aromatic N) is 1. The lowest BCUT2D eigenvalue weighted by molar-refractivity contribution is -0.0770. The average Bonchev–Trinajstić information content (AvgIpc) is 2.35. The van der Waals surface area contributed by atoms with E-state index in [1.807, 2.05) is 12.3 Å². The molecular weight excluding hydrogens is 224 g/mol. The van der Waals surface area contributed by atoms with Crippen LogP contribution in [0.2, 0.25) is 0 Å². The van der Waals surface area contributed by atoms with Crippen molar-refractivity contribution in [2.24, 2.45) is 11.1 Å². The van der Waals surface area contributed by atoms with Crippen LogP contribution in [0.1, 0.15) is 50.8 Å². The summed E-state index contributed by atoms with van der Waals surface area (Å²) >= 11 is 0. The Labute approximate surface area is 109 Å². The summed E-state index contributed by atoms with van der Waals surface area (Å²) in [5.41, 5.74) is 7.08. The molecule has 0 saturated heterocycles. The minimum atomic E-state index is -0.892. The second kappa shape index (κ2) is 4.63. The molecule has 1 aromatic rings. The Balaban J connectivity index is 2.46. The molecule has 3 N–H and O–H groups in total. The predicted octanol–water partition coefficient (Wildman–Crippen LogP) is 2.24. The van der Waals surface area contributed by atoms with Crippen LogP contribution in [0, 0.1) is 5.41 Å². The van der Waals surface area contributed by atoms with Crippen molar-refractivity contribution in [1.82, 2.24) is 4.98 Å². The minimum absolute atomic E-state index is 0.0486. The molecule has 1 heterocycles. The van der Waals surface area contributed by atoms with Crippen molar-refractivity contribution in [2.75, 3.05) is 6.54 Å². The Bertz CT molecular complexity index is 425. The first kappa shape index (κ1) is 13.5. The summed E-state index contributed by atoms with van der Waals surface area (Å²) in [5.74, 6) is 0.0486. The standard InChI is InChI=1S/C15H24N2O/c1-14(2,3)15(18,10-16)12-8-4-6-11-7-5-9-17-13(11)12/h5,7,9,12,18H,4,6,8,10,16H2,1-3H3. The normalized spacial score (nSPS) is 23.3. The van der Waals surface area contributed by atoms with Gasteiger partial charge in [-0.05, 0) is 36.3 Å². The molecule has 1 aliphatic rings. The van der Waals surface area contributed by atoms with E-state index in [2.05, 4.69) is 31.8 Å². The smallest absolute Gasteiger partial charge is 0.0900 e. The van der Waals surface area contributed by atoms with Crippen LogP contribution in [-0.4, -0.2) is 22.2 Å². The number of aliphatic hydroxyl groups is 1. The van der Waals surface area contributed by atoms with Crippen LogP contribution in [-0.2, 0) is 6.42 Å². The van der Waals surface area contributed by atoms with E-state index in [0.717, 1.165) is 25.0 Å². The lowest BCUT2D eigenvalue weighted by atomic mass is 9.64. The predicted molar refractivity (Wildman–Crippen MR) is 73.4 cm³/mol. The molecule has 0 spiro atoms. The molecule has 1 aromatic heterocycles. The number of pyridine rings is 1. The van der Waals surface area contributed by atoms with Gasteiger partial charge in [-0.15, -0.1) is 0 Å². The third kappa shape index (κ3) is 2.06. The molecule has 0 fully saturated rings. The van der Waals surface area contributed by atoms with E-state index in [-0.39, 0.29) is 17.9 Å². The highest BCUT2D eigenvalue weighted by Crippen LogP contribution is 2.45. The van der Waals surface area contributed by atoms with E-state index in [0.29, 0.717) is 0 Å². The quantitative estimate of drug-likeness (QED) is 0.844. The van der Waals surface area contributed by atoms with Crippen molar-refractivity contribution >= 4 is 0 Å². The van der Waals surface area contributed by atoms with E-state index in [1.54, 1.807) is 0 Å². The first-order valence-corrected chi connectivity index (χ1v) is 6.76. The number of aromatic nitrogens is 1. The molecule has 0 radical (unpaired) electrons. The largest absolute Gasteiger partial charge is 0.387 e. The number of hydrogen-bond acceptors (Lipinski definition) is 3. The number of nitrogens with two attached hydrogens (primary N) is 1. The highest BCUT2D eigenvalue weighted by Gasteiger charge is 2.47. The second-order valence-corrected chi connectivity index (χ2v) is 6.37. The van der Waals surface area contributed by atoms with Crippen molar-refractivity contribution in [3.05, 3.63) is 29.6 Å². The van der Waals surface area contributed by atoms with Gasteiger partial charge in [0, 0.05) is 24.4 Å². The number of hydrogen-bond donors (Lipinski definition) is 2. The van der Waals surface area contributed by atoms with Gasteiger partial charge in [0.05, 0.1) is 5.60 Å². The molecule has 2 unspecified atom stereocenters. The summed E-state index contributed by atoms with van der Waals surface area (Å²) in [6, 6.07) is 4.09. The fourth-order valence-electron chi connectivity index (χ4n) is 3.05. The number of fused-ring (bicyclic) bond motifs is 1. The molecule has 100 valence electrons. The summed E-state index contributed by atoms with van der Waals surface area (Å²) < 4.78 is 0. The van der Waals surface area contributed by atoms with Gasteiger partial charge in [0.1, 0.15) is 0 Å². The van der Waals surface area contributed by atoms with Crippen LogP contribution in [0.4, 0.5) is 0 Å². The van der Waals surface area contributed by atoms with Gasteiger partial charge in [0.25, 0.3) is 0 Å². The maximum atomic E-state index is 11.1. The number of aryl methyl sites for hydroxylation is 1. The van der Waals surface area contributed by atoms with E-state index >= 15 is 0 Å². The highest BCUT2D eigenvalue weighted by molar-refractivity contribution is 5.29. The van der Waals surface area contributed by atoms with Crippen LogP contribution >= 0.6 is 0 Å². The van der Waals surface area contributed by atoms with Crippen molar-refractivity contribution in [3.63, 3.8) is 0 Å². The summed E-state index contributed by atoms with van der Waals surface area (Å²) in [6.07, 6.45) is 4.94. The Morgan fingerprint density at radius 3 is 2.78 bits per heavy atom. The zero-order valence-electron chi connectivity index (χ0n) is 11.6. The summed E-state index contributed by atoms with van der Waals surface area (Å²) in [4.78, 5) is 4.51. The fourth-order valence-corrected chi connectivity index (χ4v) is 3.05. The van der Waals surface area contributed by atoms with Crippen molar-refractivity contribution in [1.29, 1.82) is 0 Å². The Morgan fingerprint density at radius 2 is 2.17 bits per heavy atom. The molecule has 3 heteroatoms. The lowest BCUT2D eigenvalue weighted by Gasteiger charge is -2.46. The van der Waals surface area contributed by atoms with E-state index in [9.17, 15) is 5.11 Å². The molecule has 1 aliphatic carbocycles. The van der Waals surface area contributed by atoms with Crippen LogP contribution in [0.5, 0.6) is 0 Å². The SMILES string of the molecule is CC(C)(C)C(O)(CN)C1CCCc2cccnc21. The van der Waals surface area contributed by atoms with Crippen LogP contribution < -0.4 is 5.73 Å². The van der Waals surface area contributed by atoms with Gasteiger partial charge in [0.15, 0.2) is 0 Å². The molecule has 0 amide bonds. The molecule has 0 saturated carbocycles. The molecule has 0 aromatic carbocycles. The van der Waals surface area contributed by atoms with E-state index in [4.69, 9.17) is 5.73 Å². The zero-order valence-corrected chi connectivity index (χ0v) is 11.6. The van der Waals surface area contributed by atoms with Gasteiger partial charge in [0.2, 0.25) is 0 Å². The van der Waals surface area contributed by atoms with Gasteiger partial charge < -0.3 is 10.8 Å². The van der Waals surface area contributed by atoms with Crippen molar-refractivity contribution < 1.29 is 5.11 Å². The van der Waals surface area contributed by atoms with E-state index < -0.39 is 5.60 Å². The third-order valence-corrected chi connectivity index (χ3v) is 4.38. The van der Waals surface area contributed by atoms with Crippen LogP contribution in [0.3, 0.4) is 0 Å². The van der Waals surface area contributed by atoms with Crippen LogP contribution in [0.15, 0.2) is 18.3 Å². The Kier molecular flexibility index (Phi) is 3.47. The van der Waals surface area contributed by atoms with Crippen molar-refractivity contribution in [3.8, 4) is 0 Å². The Hall–Kier alpha value is -0.930. The molecule has 18 heavy (non-hydrogen) atoms. The summed E-state index contributed by atoms with van der Waals surface area (Å²) in [5, 5.41) is 11.1. The zero-order chi connectivity index (χ0) is 13.4. The van der Waals surface area contributed by atoms with Gasteiger partial charge in [-0.3, -0.25) is 4.98 Å². The third-order valence-electron chi connectivity index (χ3n) is 4.38. The first-order chi connectivity index (χ1) is 8.40. The van der Waals surface area contributed by atoms with Gasteiger partial charge in [-0.25, -0.2) is 0 Å². The Morgan fingerprint density at radius 1 is 1.44 bits per heavy atom. The molecule has 2 atom stereocenters. The molecular formula is C15H24N2O. The maximum Gasteiger partial charge on any atom is 0.0900 e.